The van der Waals surface area contributed by atoms with E-state index in [0.29, 0.717) is 6.04 Å². The zero-order valence-corrected chi connectivity index (χ0v) is 11.2. The minimum absolute atomic E-state index is 0.511. The molecule has 1 fully saturated rings. The van der Waals surface area contributed by atoms with Crippen LogP contribution in [-0.4, -0.2) is 19.8 Å². The van der Waals surface area contributed by atoms with Crippen molar-refractivity contribution in [3.63, 3.8) is 0 Å². The Balaban J connectivity index is 1.87. The first-order valence-corrected chi connectivity index (χ1v) is 6.56. The van der Waals surface area contributed by atoms with Crippen molar-refractivity contribution in [2.75, 3.05) is 13.7 Å². The molecule has 1 aliphatic carbocycles. The fourth-order valence-electron chi connectivity index (χ4n) is 1.92. The highest BCUT2D eigenvalue weighted by molar-refractivity contribution is 9.10. The van der Waals surface area contributed by atoms with E-state index in [-0.39, 0.29) is 0 Å². The van der Waals surface area contributed by atoms with Crippen LogP contribution in [-0.2, 0) is 11.3 Å². The summed E-state index contributed by atoms with van der Waals surface area (Å²) in [5.74, 6) is 0.822. The van der Waals surface area contributed by atoms with Gasteiger partial charge in [0, 0.05) is 24.2 Å². The number of benzene rings is 1. The van der Waals surface area contributed by atoms with Crippen LogP contribution in [0.5, 0.6) is 0 Å². The molecule has 0 radical (unpaired) electrons. The zero-order chi connectivity index (χ0) is 11.4. The van der Waals surface area contributed by atoms with E-state index in [9.17, 15) is 0 Å². The number of halogens is 1. The van der Waals surface area contributed by atoms with Gasteiger partial charge in [0.15, 0.2) is 0 Å². The predicted molar refractivity (Wildman–Crippen MR) is 69.4 cm³/mol. The molecule has 0 heterocycles. The molecule has 1 unspecified atom stereocenters. The smallest absolute Gasteiger partial charge is 0.0618 e. The molecule has 1 N–H and O–H groups in total. The van der Waals surface area contributed by atoms with Crippen LogP contribution in [0.4, 0.5) is 0 Å². The highest BCUT2D eigenvalue weighted by Crippen LogP contribution is 2.33. The van der Waals surface area contributed by atoms with Gasteiger partial charge in [0.2, 0.25) is 0 Å². The van der Waals surface area contributed by atoms with Crippen molar-refractivity contribution >= 4 is 15.9 Å². The summed E-state index contributed by atoms with van der Waals surface area (Å²) >= 11 is 3.57. The molecule has 0 spiro atoms. The van der Waals surface area contributed by atoms with Crippen molar-refractivity contribution in [3.8, 4) is 0 Å². The van der Waals surface area contributed by atoms with E-state index in [1.54, 1.807) is 7.11 Å². The minimum Gasteiger partial charge on any atom is -0.383 e. The Labute approximate surface area is 106 Å². The van der Waals surface area contributed by atoms with E-state index in [1.165, 1.54) is 22.9 Å². The molecule has 3 heteroatoms. The Morgan fingerprint density at radius 2 is 2.19 bits per heavy atom. The molecule has 1 aromatic carbocycles. The summed E-state index contributed by atoms with van der Waals surface area (Å²) in [4.78, 5) is 0. The molecule has 0 saturated heterocycles. The molecule has 0 aliphatic heterocycles. The number of nitrogens with one attached hydrogen (secondary N) is 1. The lowest BCUT2D eigenvalue weighted by Crippen LogP contribution is -2.34. The molecule has 0 aromatic heterocycles. The second-order valence-electron chi connectivity index (χ2n) is 4.37. The molecule has 0 bridgehead atoms. The summed E-state index contributed by atoms with van der Waals surface area (Å²) in [6.07, 6.45) is 2.69. The molecule has 2 nitrogen and oxygen atoms in total. The summed E-state index contributed by atoms with van der Waals surface area (Å²) in [6, 6.07) is 8.86. The Morgan fingerprint density at radius 1 is 1.44 bits per heavy atom. The van der Waals surface area contributed by atoms with Crippen LogP contribution in [0, 0.1) is 5.92 Å². The molecule has 2 rings (SSSR count). The number of hydrogen-bond acceptors (Lipinski definition) is 2. The van der Waals surface area contributed by atoms with Gasteiger partial charge >= 0.3 is 0 Å². The number of rotatable bonds is 6. The summed E-state index contributed by atoms with van der Waals surface area (Å²) in [5, 5.41) is 3.58. The van der Waals surface area contributed by atoms with E-state index < -0.39 is 0 Å². The van der Waals surface area contributed by atoms with E-state index >= 15 is 0 Å². The Bertz CT molecular complexity index is 338. The van der Waals surface area contributed by atoms with Crippen LogP contribution >= 0.6 is 15.9 Å². The fourth-order valence-corrected chi connectivity index (χ4v) is 2.35. The van der Waals surface area contributed by atoms with Gasteiger partial charge in [0.05, 0.1) is 6.61 Å². The highest BCUT2D eigenvalue weighted by atomic mass is 79.9. The van der Waals surface area contributed by atoms with Gasteiger partial charge in [0.1, 0.15) is 0 Å². The summed E-state index contributed by atoms with van der Waals surface area (Å²) in [7, 11) is 1.77. The maximum absolute atomic E-state index is 5.25. The molecule has 1 saturated carbocycles. The Kier molecular flexibility index (Phi) is 4.38. The topological polar surface area (TPSA) is 21.3 Å². The minimum atomic E-state index is 0.511. The molecule has 0 amide bonds. The monoisotopic (exact) mass is 283 g/mol. The van der Waals surface area contributed by atoms with E-state index in [2.05, 4.69) is 39.4 Å². The number of hydrogen-bond donors (Lipinski definition) is 1. The summed E-state index contributed by atoms with van der Waals surface area (Å²) in [6.45, 7) is 1.72. The standard InChI is InChI=1S/C13H18BrNO/c1-16-9-13(10-6-7-10)15-8-11-4-2-3-5-12(11)14/h2-5,10,13,15H,6-9H2,1H3. The molecular formula is C13H18BrNO. The fraction of sp³-hybridized carbons (Fsp3) is 0.538. The van der Waals surface area contributed by atoms with E-state index in [1.807, 2.05) is 6.07 Å². The molecule has 1 aliphatic rings. The molecule has 16 heavy (non-hydrogen) atoms. The summed E-state index contributed by atoms with van der Waals surface area (Å²) in [5.41, 5.74) is 1.31. The second-order valence-corrected chi connectivity index (χ2v) is 5.23. The normalized spacial score (nSPS) is 17.4. The molecule has 1 aromatic rings. The third-order valence-corrected chi connectivity index (χ3v) is 3.82. The van der Waals surface area contributed by atoms with Gasteiger partial charge in [-0.25, -0.2) is 0 Å². The molecular weight excluding hydrogens is 266 g/mol. The highest BCUT2D eigenvalue weighted by Gasteiger charge is 2.30. The number of ether oxygens (including phenoxy) is 1. The second kappa shape index (κ2) is 5.80. The lowest BCUT2D eigenvalue weighted by molar-refractivity contribution is 0.157. The van der Waals surface area contributed by atoms with E-state index in [0.717, 1.165) is 19.1 Å². The lowest BCUT2D eigenvalue weighted by atomic mass is 10.1. The first-order chi connectivity index (χ1) is 7.81. The van der Waals surface area contributed by atoms with Crippen LogP contribution in [0.2, 0.25) is 0 Å². The zero-order valence-electron chi connectivity index (χ0n) is 9.58. The van der Waals surface area contributed by atoms with Crippen molar-refractivity contribution in [1.82, 2.24) is 5.32 Å². The largest absolute Gasteiger partial charge is 0.383 e. The molecule has 88 valence electrons. The third kappa shape index (κ3) is 3.30. The lowest BCUT2D eigenvalue weighted by Gasteiger charge is -2.17. The van der Waals surface area contributed by atoms with Crippen LogP contribution in [0.3, 0.4) is 0 Å². The quantitative estimate of drug-likeness (QED) is 0.867. The van der Waals surface area contributed by atoms with Crippen molar-refractivity contribution in [2.45, 2.75) is 25.4 Å². The van der Waals surface area contributed by atoms with Gasteiger partial charge in [-0.2, -0.15) is 0 Å². The van der Waals surface area contributed by atoms with Crippen molar-refractivity contribution in [2.24, 2.45) is 5.92 Å². The van der Waals surface area contributed by atoms with Crippen LogP contribution in [0.25, 0.3) is 0 Å². The maximum Gasteiger partial charge on any atom is 0.0618 e. The van der Waals surface area contributed by atoms with Crippen LogP contribution in [0.15, 0.2) is 28.7 Å². The molecule has 1 atom stereocenters. The van der Waals surface area contributed by atoms with Gasteiger partial charge < -0.3 is 10.1 Å². The van der Waals surface area contributed by atoms with Gasteiger partial charge in [-0.3, -0.25) is 0 Å². The first-order valence-electron chi connectivity index (χ1n) is 5.77. The predicted octanol–water partition coefficient (Wildman–Crippen LogP) is 2.96. The van der Waals surface area contributed by atoms with E-state index in [4.69, 9.17) is 4.74 Å². The van der Waals surface area contributed by atoms with Crippen LogP contribution < -0.4 is 5.32 Å². The summed E-state index contributed by atoms with van der Waals surface area (Å²) < 4.78 is 6.43. The van der Waals surface area contributed by atoms with Gasteiger partial charge in [0.25, 0.3) is 0 Å². The van der Waals surface area contributed by atoms with Crippen molar-refractivity contribution < 1.29 is 4.74 Å². The van der Waals surface area contributed by atoms with Gasteiger partial charge in [-0.15, -0.1) is 0 Å². The average molecular weight is 284 g/mol. The Morgan fingerprint density at radius 3 is 2.81 bits per heavy atom. The SMILES string of the molecule is COCC(NCc1ccccc1Br)C1CC1. The van der Waals surface area contributed by atoms with Gasteiger partial charge in [-0.05, 0) is 30.4 Å². The number of methoxy groups -OCH3 is 1. The van der Waals surface area contributed by atoms with Crippen molar-refractivity contribution in [1.29, 1.82) is 0 Å². The maximum atomic E-state index is 5.25. The van der Waals surface area contributed by atoms with Crippen molar-refractivity contribution in [3.05, 3.63) is 34.3 Å². The third-order valence-electron chi connectivity index (χ3n) is 3.05. The first kappa shape index (κ1) is 12.1. The van der Waals surface area contributed by atoms with Gasteiger partial charge in [-0.1, -0.05) is 34.1 Å². The Hall–Kier alpha value is -0.380. The average Bonchev–Trinajstić information content (AvgIpc) is 3.10. The van der Waals surface area contributed by atoms with Crippen LogP contribution in [0.1, 0.15) is 18.4 Å².